The van der Waals surface area contributed by atoms with Crippen LogP contribution in [-0.2, 0) is 4.79 Å². The fourth-order valence-corrected chi connectivity index (χ4v) is 1.71. The molecule has 0 saturated heterocycles. The molecule has 0 spiro atoms. The quantitative estimate of drug-likeness (QED) is 0.812. The number of carboxylic acids is 1. The van der Waals surface area contributed by atoms with E-state index in [9.17, 15) is 14.4 Å². The molecule has 0 aliphatic heterocycles. The molecular formula is C14H18N2O4. The molecule has 0 aliphatic rings. The zero-order chi connectivity index (χ0) is 15.1. The lowest BCUT2D eigenvalue weighted by Gasteiger charge is -2.18. The summed E-state index contributed by atoms with van der Waals surface area (Å²) in [6.07, 6.45) is 0. The molecule has 0 aliphatic carbocycles. The van der Waals surface area contributed by atoms with Gasteiger partial charge >= 0.3 is 5.97 Å². The second-order valence-electron chi connectivity index (χ2n) is 4.13. The number of aromatic carboxylic acids is 1. The maximum Gasteiger partial charge on any atom is 0.335 e. The molecule has 0 fully saturated rings. The summed E-state index contributed by atoms with van der Waals surface area (Å²) < 4.78 is 0. The molecule has 20 heavy (non-hydrogen) atoms. The summed E-state index contributed by atoms with van der Waals surface area (Å²) in [6.45, 7) is 4.86. The van der Waals surface area contributed by atoms with E-state index >= 15 is 0 Å². The van der Waals surface area contributed by atoms with Crippen LogP contribution in [0, 0.1) is 0 Å². The van der Waals surface area contributed by atoms with Gasteiger partial charge in [-0.3, -0.25) is 9.59 Å². The number of amides is 2. The SMILES string of the molecule is CCN(CC)C(=O)CNC(=O)c1ccc(C(=O)O)cc1. The molecule has 0 bridgehead atoms. The Morgan fingerprint density at radius 2 is 1.55 bits per heavy atom. The first-order valence-electron chi connectivity index (χ1n) is 6.38. The summed E-state index contributed by atoms with van der Waals surface area (Å²) in [6, 6.07) is 5.54. The Balaban J connectivity index is 2.59. The summed E-state index contributed by atoms with van der Waals surface area (Å²) in [5.41, 5.74) is 0.433. The second kappa shape index (κ2) is 7.28. The zero-order valence-corrected chi connectivity index (χ0v) is 11.5. The highest BCUT2D eigenvalue weighted by molar-refractivity contribution is 5.97. The monoisotopic (exact) mass is 278 g/mol. The van der Waals surface area contributed by atoms with Gasteiger partial charge in [0.15, 0.2) is 0 Å². The number of likely N-dealkylation sites (N-methyl/N-ethyl adjacent to an activating group) is 1. The highest BCUT2D eigenvalue weighted by Gasteiger charge is 2.12. The Morgan fingerprint density at radius 3 is 2.00 bits per heavy atom. The van der Waals surface area contributed by atoms with Crippen LogP contribution in [0.2, 0.25) is 0 Å². The fraction of sp³-hybridized carbons (Fsp3) is 0.357. The van der Waals surface area contributed by atoms with Crippen LogP contribution in [-0.4, -0.2) is 47.4 Å². The van der Waals surface area contributed by atoms with Gasteiger partial charge in [0.05, 0.1) is 12.1 Å². The molecule has 1 rings (SSSR count). The van der Waals surface area contributed by atoms with Gasteiger partial charge in [0, 0.05) is 18.7 Å². The van der Waals surface area contributed by atoms with Crippen molar-refractivity contribution in [2.75, 3.05) is 19.6 Å². The standard InChI is InChI=1S/C14H18N2O4/c1-3-16(4-2)12(17)9-15-13(18)10-5-7-11(8-6-10)14(19)20/h5-8H,3-4,9H2,1-2H3,(H,15,18)(H,19,20). The Hall–Kier alpha value is -2.37. The van der Waals surface area contributed by atoms with E-state index in [-0.39, 0.29) is 18.0 Å². The van der Waals surface area contributed by atoms with Gasteiger partial charge in [-0.1, -0.05) is 0 Å². The van der Waals surface area contributed by atoms with E-state index in [1.54, 1.807) is 4.90 Å². The van der Waals surface area contributed by atoms with Crippen LogP contribution in [0.1, 0.15) is 34.6 Å². The Bertz CT molecular complexity index is 492. The normalized spacial score (nSPS) is 9.90. The number of carbonyl (C=O) groups is 3. The van der Waals surface area contributed by atoms with Gasteiger partial charge < -0.3 is 15.3 Å². The Kier molecular flexibility index (Phi) is 5.71. The van der Waals surface area contributed by atoms with Crippen molar-refractivity contribution in [2.24, 2.45) is 0 Å². The van der Waals surface area contributed by atoms with Gasteiger partial charge in [0.2, 0.25) is 5.91 Å². The summed E-state index contributed by atoms with van der Waals surface area (Å²) in [5.74, 6) is -1.60. The largest absolute Gasteiger partial charge is 0.478 e. The van der Waals surface area contributed by atoms with E-state index in [1.165, 1.54) is 24.3 Å². The summed E-state index contributed by atoms with van der Waals surface area (Å²) in [5, 5.41) is 11.3. The van der Waals surface area contributed by atoms with Gasteiger partial charge in [0.1, 0.15) is 0 Å². The maximum atomic E-state index is 11.8. The van der Waals surface area contributed by atoms with E-state index in [0.29, 0.717) is 18.7 Å². The van der Waals surface area contributed by atoms with Crippen LogP contribution in [0.15, 0.2) is 24.3 Å². The Morgan fingerprint density at radius 1 is 1.05 bits per heavy atom. The lowest BCUT2D eigenvalue weighted by Crippen LogP contribution is -2.40. The van der Waals surface area contributed by atoms with Crippen molar-refractivity contribution in [3.63, 3.8) is 0 Å². The third-order valence-electron chi connectivity index (χ3n) is 2.91. The van der Waals surface area contributed by atoms with Crippen molar-refractivity contribution in [3.05, 3.63) is 35.4 Å². The number of nitrogens with one attached hydrogen (secondary N) is 1. The predicted molar refractivity (Wildman–Crippen MR) is 73.7 cm³/mol. The fourth-order valence-electron chi connectivity index (χ4n) is 1.71. The van der Waals surface area contributed by atoms with Crippen molar-refractivity contribution in [1.82, 2.24) is 10.2 Å². The first-order valence-corrected chi connectivity index (χ1v) is 6.38. The molecule has 1 aromatic rings. The van der Waals surface area contributed by atoms with Crippen LogP contribution in [0.5, 0.6) is 0 Å². The van der Waals surface area contributed by atoms with Crippen LogP contribution < -0.4 is 5.32 Å². The van der Waals surface area contributed by atoms with Crippen LogP contribution >= 0.6 is 0 Å². The molecular weight excluding hydrogens is 260 g/mol. The molecule has 6 heteroatoms. The highest BCUT2D eigenvalue weighted by atomic mass is 16.4. The average molecular weight is 278 g/mol. The molecule has 0 radical (unpaired) electrons. The van der Waals surface area contributed by atoms with Crippen molar-refractivity contribution >= 4 is 17.8 Å². The van der Waals surface area contributed by atoms with Crippen molar-refractivity contribution in [3.8, 4) is 0 Å². The van der Waals surface area contributed by atoms with Gasteiger partial charge in [0.25, 0.3) is 5.91 Å². The van der Waals surface area contributed by atoms with E-state index < -0.39 is 11.9 Å². The minimum Gasteiger partial charge on any atom is -0.478 e. The molecule has 6 nitrogen and oxygen atoms in total. The van der Waals surface area contributed by atoms with Crippen molar-refractivity contribution in [1.29, 1.82) is 0 Å². The van der Waals surface area contributed by atoms with E-state index in [1.807, 2.05) is 13.8 Å². The maximum absolute atomic E-state index is 11.8. The van der Waals surface area contributed by atoms with Gasteiger partial charge in [-0.05, 0) is 38.1 Å². The number of rotatable bonds is 6. The van der Waals surface area contributed by atoms with E-state index in [4.69, 9.17) is 5.11 Å². The number of hydrogen-bond donors (Lipinski definition) is 2. The van der Waals surface area contributed by atoms with Crippen LogP contribution in [0.25, 0.3) is 0 Å². The first-order chi connectivity index (χ1) is 9.49. The zero-order valence-electron chi connectivity index (χ0n) is 11.5. The topological polar surface area (TPSA) is 86.7 Å². The molecule has 0 aromatic heterocycles. The Labute approximate surface area is 117 Å². The minimum atomic E-state index is -1.05. The lowest BCUT2D eigenvalue weighted by molar-refractivity contribution is -0.129. The molecule has 2 N–H and O–H groups in total. The first kappa shape index (κ1) is 15.7. The summed E-state index contributed by atoms with van der Waals surface area (Å²) in [7, 11) is 0. The number of carboxylic acid groups (broad SMARTS) is 1. The summed E-state index contributed by atoms with van der Waals surface area (Å²) in [4.78, 5) is 35.8. The average Bonchev–Trinajstić information content (AvgIpc) is 2.46. The number of nitrogens with zero attached hydrogens (tertiary/aromatic N) is 1. The van der Waals surface area contributed by atoms with E-state index in [2.05, 4.69) is 5.32 Å². The predicted octanol–water partition coefficient (Wildman–Crippen LogP) is 0.983. The molecule has 0 atom stereocenters. The molecule has 2 amide bonds. The molecule has 1 aromatic carbocycles. The number of benzene rings is 1. The molecule has 0 saturated carbocycles. The summed E-state index contributed by atoms with van der Waals surface area (Å²) >= 11 is 0. The molecule has 0 heterocycles. The second-order valence-corrected chi connectivity index (χ2v) is 4.13. The highest BCUT2D eigenvalue weighted by Crippen LogP contribution is 2.04. The third-order valence-corrected chi connectivity index (χ3v) is 2.91. The van der Waals surface area contributed by atoms with E-state index in [0.717, 1.165) is 0 Å². The smallest absolute Gasteiger partial charge is 0.335 e. The van der Waals surface area contributed by atoms with Crippen LogP contribution in [0.3, 0.4) is 0 Å². The van der Waals surface area contributed by atoms with Crippen molar-refractivity contribution in [2.45, 2.75) is 13.8 Å². The molecule has 0 unspecified atom stereocenters. The van der Waals surface area contributed by atoms with Gasteiger partial charge in [-0.2, -0.15) is 0 Å². The van der Waals surface area contributed by atoms with Crippen LogP contribution in [0.4, 0.5) is 0 Å². The van der Waals surface area contributed by atoms with Gasteiger partial charge in [-0.15, -0.1) is 0 Å². The lowest BCUT2D eigenvalue weighted by atomic mass is 10.1. The minimum absolute atomic E-state index is 0.0683. The van der Waals surface area contributed by atoms with Gasteiger partial charge in [-0.25, -0.2) is 4.79 Å². The molecule has 108 valence electrons. The number of hydrogen-bond acceptors (Lipinski definition) is 3. The number of carbonyl (C=O) groups excluding carboxylic acids is 2. The third kappa shape index (κ3) is 4.08. The van der Waals surface area contributed by atoms with Crippen molar-refractivity contribution < 1.29 is 19.5 Å².